The Morgan fingerprint density at radius 1 is 1.10 bits per heavy atom. The lowest BCUT2D eigenvalue weighted by Gasteiger charge is -2.15. The Hall–Kier alpha value is -3.43. The van der Waals surface area contributed by atoms with E-state index in [1.54, 1.807) is 18.2 Å². The average Bonchev–Trinajstić information content (AvgIpc) is 2.96. The number of carbonyl (C=O) groups excluding carboxylic acids is 2. The molecule has 0 saturated carbocycles. The van der Waals surface area contributed by atoms with E-state index in [9.17, 15) is 19.7 Å². The summed E-state index contributed by atoms with van der Waals surface area (Å²) in [5.74, 6) is -0.660. The van der Waals surface area contributed by atoms with Crippen LogP contribution in [0.1, 0.15) is 5.56 Å². The topological polar surface area (TPSA) is 111 Å². The van der Waals surface area contributed by atoms with Gasteiger partial charge in [0.05, 0.1) is 36.4 Å². The van der Waals surface area contributed by atoms with Crippen molar-refractivity contribution in [1.82, 2.24) is 4.90 Å². The number of carbonyl (C=O) groups is 2. The van der Waals surface area contributed by atoms with Crippen molar-refractivity contribution < 1.29 is 24.0 Å². The van der Waals surface area contributed by atoms with Gasteiger partial charge in [0.15, 0.2) is 0 Å². The third-order valence-corrected chi connectivity index (χ3v) is 4.71. The van der Waals surface area contributed by atoms with Gasteiger partial charge in [0, 0.05) is 24.3 Å². The van der Waals surface area contributed by atoms with Crippen LogP contribution in [0.5, 0.6) is 5.75 Å². The predicted molar refractivity (Wildman–Crippen MR) is 110 cm³/mol. The zero-order valence-electron chi connectivity index (χ0n) is 16.2. The molecule has 156 valence electrons. The van der Waals surface area contributed by atoms with Crippen molar-refractivity contribution in [2.24, 2.45) is 0 Å². The molecule has 1 heterocycles. The number of benzene rings is 2. The number of rotatable bonds is 8. The molecule has 3 rings (SSSR count). The van der Waals surface area contributed by atoms with E-state index in [0.717, 1.165) is 4.90 Å². The molecule has 1 aliphatic rings. The van der Waals surface area contributed by atoms with Gasteiger partial charge in [0.2, 0.25) is 0 Å². The first-order chi connectivity index (χ1) is 14.4. The van der Waals surface area contributed by atoms with Crippen LogP contribution in [0.15, 0.2) is 48.2 Å². The molecule has 2 aromatic carbocycles. The Morgan fingerprint density at radius 2 is 1.80 bits per heavy atom. The van der Waals surface area contributed by atoms with Gasteiger partial charge >= 0.3 is 0 Å². The summed E-state index contributed by atoms with van der Waals surface area (Å²) in [5, 5.41) is 14.3. The molecular formula is C20H18ClN3O6. The van der Waals surface area contributed by atoms with Crippen molar-refractivity contribution >= 4 is 40.4 Å². The van der Waals surface area contributed by atoms with Crippen LogP contribution in [0.3, 0.4) is 0 Å². The Labute approximate surface area is 177 Å². The molecule has 0 saturated heterocycles. The van der Waals surface area contributed by atoms with Crippen LogP contribution in [0.25, 0.3) is 5.57 Å². The average molecular weight is 432 g/mol. The molecule has 0 aliphatic carbocycles. The molecule has 0 fully saturated rings. The quantitative estimate of drug-likeness (QED) is 0.388. The molecule has 10 heteroatoms. The highest BCUT2D eigenvalue weighted by molar-refractivity contribution is 6.36. The van der Waals surface area contributed by atoms with Crippen LogP contribution < -0.4 is 10.1 Å². The van der Waals surface area contributed by atoms with Crippen LogP contribution in [0.2, 0.25) is 5.02 Å². The summed E-state index contributed by atoms with van der Waals surface area (Å²) >= 11 is 6.07. The number of nitrogens with one attached hydrogen (secondary N) is 1. The number of amides is 2. The fourth-order valence-corrected chi connectivity index (χ4v) is 3.18. The summed E-state index contributed by atoms with van der Waals surface area (Å²) in [4.78, 5) is 37.5. The summed E-state index contributed by atoms with van der Waals surface area (Å²) < 4.78 is 10.3. The number of hydrogen-bond acceptors (Lipinski definition) is 7. The maximum atomic E-state index is 13.0. The van der Waals surface area contributed by atoms with Crippen molar-refractivity contribution in [3.63, 3.8) is 0 Å². The van der Waals surface area contributed by atoms with Gasteiger partial charge in [-0.3, -0.25) is 24.6 Å². The Balaban J connectivity index is 2.09. The van der Waals surface area contributed by atoms with Crippen molar-refractivity contribution in [1.29, 1.82) is 0 Å². The number of ether oxygens (including phenoxy) is 2. The fourth-order valence-electron chi connectivity index (χ4n) is 3.01. The highest BCUT2D eigenvalue weighted by Gasteiger charge is 2.39. The summed E-state index contributed by atoms with van der Waals surface area (Å²) in [6.45, 7) is 0.224. The largest absolute Gasteiger partial charge is 0.495 e. The van der Waals surface area contributed by atoms with Gasteiger partial charge in [-0.2, -0.15) is 0 Å². The van der Waals surface area contributed by atoms with Crippen molar-refractivity contribution in [3.05, 3.63) is 68.9 Å². The molecule has 0 bridgehead atoms. The second-order valence-corrected chi connectivity index (χ2v) is 6.71. The molecule has 2 amide bonds. The summed E-state index contributed by atoms with van der Waals surface area (Å²) in [5.41, 5.74) is 0.744. The first-order valence-corrected chi connectivity index (χ1v) is 9.20. The molecule has 0 radical (unpaired) electrons. The molecule has 0 spiro atoms. The zero-order chi connectivity index (χ0) is 21.8. The highest BCUT2D eigenvalue weighted by Crippen LogP contribution is 2.35. The van der Waals surface area contributed by atoms with E-state index in [1.807, 2.05) is 0 Å². The molecule has 30 heavy (non-hydrogen) atoms. The second kappa shape index (κ2) is 8.93. The van der Waals surface area contributed by atoms with Gasteiger partial charge in [-0.25, -0.2) is 0 Å². The summed E-state index contributed by atoms with van der Waals surface area (Å²) in [7, 11) is 2.93. The van der Waals surface area contributed by atoms with Gasteiger partial charge in [-0.15, -0.1) is 0 Å². The number of hydrogen-bond donors (Lipinski definition) is 1. The van der Waals surface area contributed by atoms with Crippen molar-refractivity contribution in [2.75, 3.05) is 32.7 Å². The predicted octanol–water partition coefficient (Wildman–Crippen LogP) is 3.10. The van der Waals surface area contributed by atoms with Gasteiger partial charge in [0.1, 0.15) is 11.4 Å². The number of nitrogens with zero attached hydrogens (tertiary/aromatic N) is 2. The lowest BCUT2D eigenvalue weighted by molar-refractivity contribution is -0.384. The SMILES string of the molecule is COCCN1C(=O)C(Nc2cc(Cl)ccc2OC)=C(c2ccc([N+](=O)[O-])cc2)C1=O. The van der Waals surface area contributed by atoms with Crippen molar-refractivity contribution in [2.45, 2.75) is 0 Å². The molecular weight excluding hydrogens is 414 g/mol. The van der Waals surface area contributed by atoms with E-state index in [4.69, 9.17) is 21.1 Å². The van der Waals surface area contributed by atoms with Gasteiger partial charge in [-0.1, -0.05) is 11.6 Å². The number of methoxy groups -OCH3 is 2. The van der Waals surface area contributed by atoms with Crippen LogP contribution in [-0.4, -0.2) is 49.0 Å². The minimum absolute atomic E-state index is 0.0190. The number of halogens is 1. The van der Waals surface area contributed by atoms with Crippen LogP contribution >= 0.6 is 11.6 Å². The van der Waals surface area contributed by atoms with E-state index >= 15 is 0 Å². The first-order valence-electron chi connectivity index (χ1n) is 8.82. The molecule has 1 aliphatic heterocycles. The highest BCUT2D eigenvalue weighted by atomic mass is 35.5. The first kappa shape index (κ1) is 21.3. The number of nitro groups is 1. The number of anilines is 1. The number of nitro benzene ring substituents is 1. The van der Waals surface area contributed by atoms with Gasteiger partial charge in [-0.05, 0) is 35.9 Å². The molecule has 9 nitrogen and oxygen atoms in total. The Morgan fingerprint density at radius 3 is 2.40 bits per heavy atom. The fraction of sp³-hybridized carbons (Fsp3) is 0.200. The lowest BCUT2D eigenvalue weighted by atomic mass is 10.0. The molecule has 0 aromatic heterocycles. The normalized spacial score (nSPS) is 13.8. The van der Waals surface area contributed by atoms with E-state index in [-0.39, 0.29) is 30.1 Å². The molecule has 2 aromatic rings. The van der Waals surface area contributed by atoms with Gasteiger partial charge in [0.25, 0.3) is 17.5 Å². The van der Waals surface area contributed by atoms with Crippen molar-refractivity contribution in [3.8, 4) is 5.75 Å². The van der Waals surface area contributed by atoms with Gasteiger partial charge < -0.3 is 14.8 Å². The maximum absolute atomic E-state index is 13.0. The third-order valence-electron chi connectivity index (χ3n) is 4.48. The van der Waals surface area contributed by atoms with Crippen LogP contribution in [0.4, 0.5) is 11.4 Å². The minimum atomic E-state index is -0.549. The smallest absolute Gasteiger partial charge is 0.278 e. The molecule has 0 unspecified atom stereocenters. The second-order valence-electron chi connectivity index (χ2n) is 6.28. The number of non-ortho nitro benzene ring substituents is 1. The zero-order valence-corrected chi connectivity index (χ0v) is 16.9. The van der Waals surface area contributed by atoms with E-state index in [1.165, 1.54) is 38.5 Å². The maximum Gasteiger partial charge on any atom is 0.278 e. The van der Waals surface area contributed by atoms with E-state index in [2.05, 4.69) is 5.32 Å². The minimum Gasteiger partial charge on any atom is -0.495 e. The third kappa shape index (κ3) is 4.12. The van der Waals surface area contributed by atoms with Crippen LogP contribution in [-0.2, 0) is 14.3 Å². The molecule has 1 N–H and O–H groups in total. The molecule has 0 atom stereocenters. The van der Waals surface area contributed by atoms with Crippen LogP contribution in [0, 0.1) is 10.1 Å². The van der Waals surface area contributed by atoms with E-state index < -0.39 is 16.7 Å². The summed E-state index contributed by atoms with van der Waals surface area (Å²) in [6, 6.07) is 10.2. The lowest BCUT2D eigenvalue weighted by Crippen LogP contribution is -2.35. The number of imide groups is 1. The summed E-state index contributed by atoms with van der Waals surface area (Å²) in [6.07, 6.45) is 0. The monoisotopic (exact) mass is 431 g/mol. The Kier molecular flexibility index (Phi) is 6.34. The van der Waals surface area contributed by atoms with E-state index in [0.29, 0.717) is 22.0 Å². The standard InChI is InChI=1S/C20H18ClN3O6/c1-29-10-9-23-19(25)17(12-3-6-14(7-4-12)24(27)28)18(20(23)26)22-15-11-13(21)5-8-16(15)30-2/h3-8,11,22H,9-10H2,1-2H3. The Bertz CT molecular complexity index is 1040.